The second-order valence-corrected chi connectivity index (χ2v) is 6.18. The Hall–Kier alpha value is -1.17. The molecule has 0 aliphatic carbocycles. The van der Waals surface area contributed by atoms with Crippen molar-refractivity contribution in [3.8, 4) is 0 Å². The quantitative estimate of drug-likeness (QED) is 0.887. The third-order valence-corrected chi connectivity index (χ3v) is 4.88. The second-order valence-electron chi connectivity index (χ2n) is 5.32. The lowest BCUT2D eigenvalue weighted by Gasteiger charge is -2.27. The average Bonchev–Trinajstić information content (AvgIpc) is 3.22. The van der Waals surface area contributed by atoms with Crippen LogP contribution in [0.4, 0.5) is 0 Å². The molecule has 1 aliphatic rings. The predicted octanol–water partition coefficient (Wildman–Crippen LogP) is 3.22. The van der Waals surface area contributed by atoms with E-state index in [0.29, 0.717) is 12.1 Å². The lowest BCUT2D eigenvalue weighted by atomic mass is 10.1. The number of hydrogen-bond donors (Lipinski definition) is 1. The van der Waals surface area contributed by atoms with Gasteiger partial charge in [-0.3, -0.25) is 4.90 Å². The SMILES string of the molecule is CC(NCC(c1ccco1)N1CCCC1)c1ccns1. The Balaban J connectivity index is 1.64. The first-order chi connectivity index (χ1) is 9.84. The summed E-state index contributed by atoms with van der Waals surface area (Å²) >= 11 is 1.56. The second kappa shape index (κ2) is 6.52. The summed E-state index contributed by atoms with van der Waals surface area (Å²) in [4.78, 5) is 3.80. The highest BCUT2D eigenvalue weighted by atomic mass is 32.1. The highest BCUT2D eigenvalue weighted by molar-refractivity contribution is 7.05. The first kappa shape index (κ1) is 13.8. The molecule has 4 nitrogen and oxygen atoms in total. The van der Waals surface area contributed by atoms with Crippen molar-refractivity contribution >= 4 is 11.5 Å². The van der Waals surface area contributed by atoms with E-state index in [2.05, 4.69) is 33.6 Å². The summed E-state index contributed by atoms with van der Waals surface area (Å²) < 4.78 is 9.81. The highest BCUT2D eigenvalue weighted by Crippen LogP contribution is 2.26. The zero-order valence-electron chi connectivity index (χ0n) is 11.8. The molecule has 3 rings (SSSR count). The molecule has 0 amide bonds. The van der Waals surface area contributed by atoms with E-state index in [4.69, 9.17) is 4.42 Å². The fraction of sp³-hybridized carbons (Fsp3) is 0.533. The van der Waals surface area contributed by atoms with Crippen LogP contribution in [-0.2, 0) is 0 Å². The van der Waals surface area contributed by atoms with E-state index >= 15 is 0 Å². The zero-order valence-corrected chi connectivity index (χ0v) is 12.6. The van der Waals surface area contributed by atoms with Crippen LogP contribution in [0.5, 0.6) is 0 Å². The van der Waals surface area contributed by atoms with Gasteiger partial charge < -0.3 is 9.73 Å². The number of hydrogen-bond acceptors (Lipinski definition) is 5. The van der Waals surface area contributed by atoms with Crippen molar-refractivity contribution in [2.24, 2.45) is 0 Å². The van der Waals surface area contributed by atoms with E-state index in [1.54, 1.807) is 17.8 Å². The Labute approximate surface area is 124 Å². The maximum Gasteiger partial charge on any atom is 0.122 e. The molecule has 0 spiro atoms. The Morgan fingerprint density at radius 3 is 2.90 bits per heavy atom. The van der Waals surface area contributed by atoms with E-state index in [1.165, 1.54) is 30.8 Å². The number of likely N-dealkylation sites (tertiary alicyclic amines) is 1. The molecule has 1 aliphatic heterocycles. The summed E-state index contributed by atoms with van der Waals surface area (Å²) in [6, 6.07) is 6.82. The third-order valence-electron chi connectivity index (χ3n) is 3.95. The highest BCUT2D eigenvalue weighted by Gasteiger charge is 2.25. The summed E-state index contributed by atoms with van der Waals surface area (Å²) in [7, 11) is 0. The van der Waals surface area contributed by atoms with Gasteiger partial charge in [-0.05, 0) is 62.6 Å². The summed E-state index contributed by atoms with van der Waals surface area (Å²) in [6.45, 7) is 5.44. The van der Waals surface area contributed by atoms with Crippen LogP contribution in [0.15, 0.2) is 35.1 Å². The summed E-state index contributed by atoms with van der Waals surface area (Å²) in [6.07, 6.45) is 6.22. The smallest absolute Gasteiger partial charge is 0.122 e. The van der Waals surface area contributed by atoms with Crippen molar-refractivity contribution in [1.82, 2.24) is 14.6 Å². The maximum absolute atomic E-state index is 5.64. The van der Waals surface area contributed by atoms with Gasteiger partial charge in [-0.15, -0.1) is 0 Å². The van der Waals surface area contributed by atoms with Gasteiger partial charge in [-0.1, -0.05) is 0 Å². The van der Waals surface area contributed by atoms with E-state index in [-0.39, 0.29) is 0 Å². The van der Waals surface area contributed by atoms with Crippen molar-refractivity contribution in [2.75, 3.05) is 19.6 Å². The number of nitrogens with one attached hydrogen (secondary N) is 1. The number of nitrogens with zero attached hydrogens (tertiary/aromatic N) is 2. The third kappa shape index (κ3) is 3.11. The normalized spacial score (nSPS) is 19.2. The van der Waals surface area contributed by atoms with Gasteiger partial charge in [0.05, 0.1) is 12.3 Å². The predicted molar refractivity (Wildman–Crippen MR) is 80.8 cm³/mol. The van der Waals surface area contributed by atoms with Gasteiger partial charge in [0, 0.05) is 23.7 Å². The molecule has 2 aromatic rings. The van der Waals surface area contributed by atoms with Crippen LogP contribution in [-0.4, -0.2) is 28.9 Å². The van der Waals surface area contributed by atoms with Crippen molar-refractivity contribution in [2.45, 2.75) is 31.8 Å². The van der Waals surface area contributed by atoms with E-state index in [1.807, 2.05) is 12.3 Å². The fourth-order valence-electron chi connectivity index (χ4n) is 2.78. The van der Waals surface area contributed by atoms with Crippen LogP contribution in [0.2, 0.25) is 0 Å². The topological polar surface area (TPSA) is 41.3 Å². The first-order valence-electron chi connectivity index (χ1n) is 7.26. The molecule has 1 saturated heterocycles. The van der Waals surface area contributed by atoms with Crippen molar-refractivity contribution in [3.05, 3.63) is 41.3 Å². The molecule has 0 bridgehead atoms. The summed E-state index contributed by atoms with van der Waals surface area (Å²) in [5.41, 5.74) is 0. The molecule has 5 heteroatoms. The van der Waals surface area contributed by atoms with Gasteiger partial charge in [0.25, 0.3) is 0 Å². The van der Waals surface area contributed by atoms with E-state index < -0.39 is 0 Å². The Kier molecular flexibility index (Phi) is 4.50. The van der Waals surface area contributed by atoms with Crippen LogP contribution in [0.3, 0.4) is 0 Å². The van der Waals surface area contributed by atoms with Gasteiger partial charge in [0.15, 0.2) is 0 Å². The van der Waals surface area contributed by atoms with Gasteiger partial charge in [0.1, 0.15) is 5.76 Å². The van der Waals surface area contributed by atoms with Crippen LogP contribution in [0, 0.1) is 0 Å². The largest absolute Gasteiger partial charge is 0.468 e. The number of aromatic nitrogens is 1. The van der Waals surface area contributed by atoms with Gasteiger partial charge >= 0.3 is 0 Å². The molecule has 20 heavy (non-hydrogen) atoms. The fourth-order valence-corrected chi connectivity index (χ4v) is 3.39. The molecule has 0 saturated carbocycles. The molecular weight excluding hydrogens is 270 g/mol. The minimum Gasteiger partial charge on any atom is -0.468 e. The molecule has 0 aromatic carbocycles. The minimum absolute atomic E-state index is 0.336. The molecule has 2 aromatic heterocycles. The first-order valence-corrected chi connectivity index (χ1v) is 8.03. The van der Waals surface area contributed by atoms with Crippen LogP contribution >= 0.6 is 11.5 Å². The van der Waals surface area contributed by atoms with Crippen molar-refractivity contribution < 1.29 is 4.42 Å². The Morgan fingerprint density at radius 1 is 1.40 bits per heavy atom. The van der Waals surface area contributed by atoms with Gasteiger partial charge in [-0.2, -0.15) is 0 Å². The molecule has 2 atom stereocenters. The van der Waals surface area contributed by atoms with Gasteiger partial charge in [0.2, 0.25) is 0 Å². The number of furan rings is 1. The lowest BCUT2D eigenvalue weighted by molar-refractivity contribution is 0.206. The van der Waals surface area contributed by atoms with Crippen LogP contribution in [0.25, 0.3) is 0 Å². The zero-order chi connectivity index (χ0) is 13.8. The Bertz CT molecular complexity index is 491. The van der Waals surface area contributed by atoms with Crippen LogP contribution in [0.1, 0.15) is 42.5 Å². The molecule has 3 heterocycles. The summed E-state index contributed by atoms with van der Waals surface area (Å²) in [5.74, 6) is 1.07. The van der Waals surface area contributed by atoms with Crippen LogP contribution < -0.4 is 5.32 Å². The standard InChI is InChI=1S/C15H21N3OS/c1-12(15-6-7-17-20-15)16-11-13(14-5-4-10-19-14)18-8-2-3-9-18/h4-7,10,12-13,16H,2-3,8-9,11H2,1H3. The molecular formula is C15H21N3OS. The average molecular weight is 291 g/mol. The minimum atomic E-state index is 0.336. The Morgan fingerprint density at radius 2 is 2.25 bits per heavy atom. The van der Waals surface area contributed by atoms with Crippen molar-refractivity contribution in [1.29, 1.82) is 0 Å². The molecule has 0 radical (unpaired) electrons. The van der Waals surface area contributed by atoms with Gasteiger partial charge in [-0.25, -0.2) is 4.37 Å². The number of rotatable bonds is 6. The molecule has 108 valence electrons. The summed E-state index contributed by atoms with van der Waals surface area (Å²) in [5, 5.41) is 3.62. The monoisotopic (exact) mass is 291 g/mol. The molecule has 1 fully saturated rings. The van der Waals surface area contributed by atoms with E-state index in [9.17, 15) is 0 Å². The molecule has 1 N–H and O–H groups in total. The maximum atomic E-state index is 5.64. The lowest BCUT2D eigenvalue weighted by Crippen LogP contribution is -2.34. The van der Waals surface area contributed by atoms with Crippen molar-refractivity contribution in [3.63, 3.8) is 0 Å². The molecule has 2 unspecified atom stereocenters. The van der Waals surface area contributed by atoms with E-state index in [0.717, 1.165) is 12.3 Å².